The summed E-state index contributed by atoms with van der Waals surface area (Å²) >= 11 is 0. The molecule has 0 aliphatic rings. The minimum absolute atomic E-state index is 0.217. The van der Waals surface area contributed by atoms with Gasteiger partial charge >= 0.3 is 17.6 Å². The maximum absolute atomic E-state index is 12.7. The number of aromatic amines is 1. The summed E-state index contributed by atoms with van der Waals surface area (Å²) in [6.45, 7) is -0.819. The number of rotatable bonds is 13. The highest BCUT2D eigenvalue weighted by Crippen LogP contribution is 2.22. The van der Waals surface area contributed by atoms with Crippen LogP contribution in [0.25, 0.3) is 0 Å². The van der Waals surface area contributed by atoms with Crippen molar-refractivity contribution in [3.05, 3.63) is 165 Å². The number of carbonyl (C=O) groups is 2. The van der Waals surface area contributed by atoms with Crippen molar-refractivity contribution < 1.29 is 28.5 Å². The number of hydrogen-bond donors (Lipinski definition) is 1. The van der Waals surface area contributed by atoms with Gasteiger partial charge < -0.3 is 18.9 Å². The Labute approximate surface area is 258 Å². The summed E-state index contributed by atoms with van der Waals surface area (Å²) in [7, 11) is 0. The average molecular weight is 607 g/mol. The van der Waals surface area contributed by atoms with Gasteiger partial charge in [-0.05, 0) is 54.1 Å². The Hall–Kier alpha value is -5.74. The van der Waals surface area contributed by atoms with Crippen molar-refractivity contribution in [3.8, 4) is 11.5 Å². The van der Waals surface area contributed by atoms with E-state index in [4.69, 9.17) is 18.9 Å². The lowest BCUT2D eigenvalue weighted by Gasteiger charge is -2.19. The van der Waals surface area contributed by atoms with Crippen molar-refractivity contribution in [2.75, 3.05) is 13.2 Å². The smallest absolute Gasteiger partial charge is 0.338 e. The summed E-state index contributed by atoms with van der Waals surface area (Å²) < 4.78 is 23.8. The van der Waals surface area contributed by atoms with Crippen LogP contribution in [0, 0.1) is 0 Å². The molecule has 45 heavy (non-hydrogen) atoms. The van der Waals surface area contributed by atoms with Gasteiger partial charge in [-0.1, -0.05) is 66.7 Å². The van der Waals surface area contributed by atoms with Gasteiger partial charge in [0.25, 0.3) is 5.56 Å². The summed E-state index contributed by atoms with van der Waals surface area (Å²) in [6, 6.07) is 33.4. The summed E-state index contributed by atoms with van der Waals surface area (Å²) in [4.78, 5) is 52.7. The maximum Gasteiger partial charge on any atom is 0.338 e. The number of esters is 2. The lowest BCUT2D eigenvalue weighted by Crippen LogP contribution is -2.35. The van der Waals surface area contributed by atoms with E-state index in [1.54, 1.807) is 60.7 Å². The molecule has 0 aliphatic heterocycles. The SMILES string of the molecule is O=C(OCC(COC(=O)c1ccccc1)OCn1cc(Cc2cccc(Oc3ccccc3)c2)c(=O)[nH]c1=O)c1ccccc1. The largest absolute Gasteiger partial charge is 0.459 e. The molecule has 228 valence electrons. The van der Waals surface area contributed by atoms with Gasteiger partial charge in [0, 0.05) is 18.2 Å². The summed E-state index contributed by atoms with van der Waals surface area (Å²) in [5, 5.41) is 0. The monoisotopic (exact) mass is 606 g/mol. The zero-order valence-corrected chi connectivity index (χ0v) is 24.2. The van der Waals surface area contributed by atoms with Crippen LogP contribution in [0.4, 0.5) is 0 Å². The number of carbonyl (C=O) groups excluding carboxylic acids is 2. The average Bonchev–Trinajstić information content (AvgIpc) is 3.07. The predicted octanol–water partition coefficient (Wildman–Crippen LogP) is 4.98. The van der Waals surface area contributed by atoms with Crippen LogP contribution < -0.4 is 16.0 Å². The van der Waals surface area contributed by atoms with Crippen LogP contribution in [0.3, 0.4) is 0 Å². The molecule has 0 saturated carbocycles. The summed E-state index contributed by atoms with van der Waals surface area (Å²) in [5.41, 5.74) is 0.577. The van der Waals surface area contributed by atoms with Crippen LogP contribution in [-0.2, 0) is 27.4 Å². The van der Waals surface area contributed by atoms with Crippen molar-refractivity contribution in [2.24, 2.45) is 0 Å². The van der Waals surface area contributed by atoms with Crippen molar-refractivity contribution in [2.45, 2.75) is 19.3 Å². The quantitative estimate of drug-likeness (QED) is 0.186. The second-order valence-corrected chi connectivity index (χ2v) is 9.97. The Kier molecular flexibility index (Phi) is 10.3. The number of hydrogen-bond acceptors (Lipinski definition) is 8. The van der Waals surface area contributed by atoms with Crippen LogP contribution in [0.15, 0.2) is 131 Å². The topological polar surface area (TPSA) is 126 Å². The maximum atomic E-state index is 12.7. The molecule has 1 aromatic heterocycles. The van der Waals surface area contributed by atoms with E-state index in [1.165, 1.54) is 10.8 Å². The molecule has 0 spiro atoms. The molecule has 0 atom stereocenters. The van der Waals surface area contributed by atoms with Crippen molar-refractivity contribution >= 4 is 11.9 Å². The van der Waals surface area contributed by atoms with Crippen molar-refractivity contribution in [1.29, 1.82) is 0 Å². The molecule has 1 heterocycles. The number of benzene rings is 4. The molecule has 0 amide bonds. The Morgan fingerprint density at radius 3 is 1.84 bits per heavy atom. The van der Waals surface area contributed by atoms with E-state index in [1.807, 2.05) is 54.6 Å². The molecule has 0 unspecified atom stereocenters. The van der Waals surface area contributed by atoms with Gasteiger partial charge in [-0.25, -0.2) is 14.4 Å². The fraction of sp³-hybridized carbons (Fsp3) is 0.143. The Balaban J connectivity index is 1.27. The third-order valence-electron chi connectivity index (χ3n) is 6.63. The van der Waals surface area contributed by atoms with Gasteiger partial charge in [0.15, 0.2) is 0 Å². The second kappa shape index (κ2) is 15.1. The predicted molar refractivity (Wildman–Crippen MR) is 165 cm³/mol. The van der Waals surface area contributed by atoms with Crippen LogP contribution in [0.2, 0.25) is 0 Å². The molecule has 0 aliphatic carbocycles. The third kappa shape index (κ3) is 8.88. The third-order valence-corrected chi connectivity index (χ3v) is 6.63. The number of nitrogens with one attached hydrogen (secondary N) is 1. The minimum atomic E-state index is -0.917. The Bertz CT molecular complexity index is 1780. The second-order valence-electron chi connectivity index (χ2n) is 9.97. The number of H-pyrrole nitrogens is 1. The van der Waals surface area contributed by atoms with E-state index >= 15 is 0 Å². The molecule has 0 bridgehead atoms. The Morgan fingerprint density at radius 2 is 1.24 bits per heavy atom. The zero-order valence-electron chi connectivity index (χ0n) is 24.2. The number of nitrogens with zero attached hydrogens (tertiary/aromatic N) is 1. The Morgan fingerprint density at radius 1 is 0.689 bits per heavy atom. The highest BCUT2D eigenvalue weighted by Gasteiger charge is 2.18. The highest BCUT2D eigenvalue weighted by molar-refractivity contribution is 5.89. The van der Waals surface area contributed by atoms with E-state index in [-0.39, 0.29) is 26.4 Å². The van der Waals surface area contributed by atoms with Gasteiger partial charge in [-0.2, -0.15) is 0 Å². The van der Waals surface area contributed by atoms with E-state index < -0.39 is 29.3 Å². The number of aromatic nitrogens is 2. The molecule has 1 N–H and O–H groups in total. The van der Waals surface area contributed by atoms with Crippen molar-refractivity contribution in [3.63, 3.8) is 0 Å². The molecule has 0 fully saturated rings. The van der Waals surface area contributed by atoms with E-state index in [0.29, 0.717) is 28.2 Å². The van der Waals surface area contributed by atoms with Gasteiger partial charge in [-0.15, -0.1) is 0 Å². The van der Waals surface area contributed by atoms with Crippen LogP contribution in [0.1, 0.15) is 31.8 Å². The normalized spacial score (nSPS) is 10.8. The first-order valence-electron chi connectivity index (χ1n) is 14.1. The summed E-state index contributed by atoms with van der Waals surface area (Å²) in [6.07, 6.45) is 0.711. The van der Waals surface area contributed by atoms with Gasteiger partial charge in [-0.3, -0.25) is 14.3 Å². The first kappa shape index (κ1) is 30.7. The molecule has 5 aromatic rings. The molecule has 0 saturated heterocycles. The van der Waals surface area contributed by atoms with E-state index in [9.17, 15) is 19.2 Å². The number of ether oxygens (including phenoxy) is 4. The lowest BCUT2D eigenvalue weighted by molar-refractivity contribution is -0.0636. The highest BCUT2D eigenvalue weighted by atomic mass is 16.6. The number of para-hydroxylation sites is 1. The fourth-order valence-electron chi connectivity index (χ4n) is 4.32. The minimum Gasteiger partial charge on any atom is -0.459 e. The van der Waals surface area contributed by atoms with E-state index in [0.717, 1.165) is 5.56 Å². The fourth-order valence-corrected chi connectivity index (χ4v) is 4.32. The zero-order chi connectivity index (χ0) is 31.4. The van der Waals surface area contributed by atoms with Crippen LogP contribution >= 0.6 is 0 Å². The molecule has 10 nitrogen and oxygen atoms in total. The molecule has 5 rings (SSSR count). The van der Waals surface area contributed by atoms with Crippen molar-refractivity contribution in [1.82, 2.24) is 9.55 Å². The summed E-state index contributed by atoms with van der Waals surface area (Å²) in [5.74, 6) is 0.113. The van der Waals surface area contributed by atoms with Gasteiger partial charge in [0.1, 0.15) is 37.5 Å². The molecular formula is C35H30N2O8. The first-order chi connectivity index (χ1) is 21.9. The lowest BCUT2D eigenvalue weighted by atomic mass is 10.1. The van der Waals surface area contributed by atoms with Gasteiger partial charge in [0.05, 0.1) is 11.1 Å². The van der Waals surface area contributed by atoms with Crippen LogP contribution in [-0.4, -0.2) is 40.8 Å². The standard InChI is InChI=1S/C35H30N2O8/c38-32-28(19-25-11-10-18-30(20-25)45-29-16-8-3-9-17-29)21-37(35(41)36-32)24-44-31(22-42-33(39)26-12-4-1-5-13-26)23-43-34(40)27-14-6-2-7-15-27/h1-18,20-21,31H,19,22-24H2,(H,36,38,41). The first-order valence-corrected chi connectivity index (χ1v) is 14.1. The molecule has 4 aromatic carbocycles. The molecular weight excluding hydrogens is 576 g/mol. The molecule has 0 radical (unpaired) electrons. The van der Waals surface area contributed by atoms with E-state index in [2.05, 4.69) is 4.98 Å². The van der Waals surface area contributed by atoms with Crippen LogP contribution in [0.5, 0.6) is 11.5 Å². The van der Waals surface area contributed by atoms with Gasteiger partial charge in [0.2, 0.25) is 0 Å². The molecule has 10 heteroatoms.